The topological polar surface area (TPSA) is 180 Å². The van der Waals surface area contributed by atoms with Gasteiger partial charge >= 0.3 is 12.0 Å². The lowest BCUT2D eigenvalue weighted by Crippen LogP contribution is -2.64. The number of hydrogen-bond donors (Lipinski definition) is 5. The van der Waals surface area contributed by atoms with Crippen molar-refractivity contribution in [3.63, 3.8) is 0 Å². The molecule has 12 heteroatoms. The summed E-state index contributed by atoms with van der Waals surface area (Å²) >= 11 is 0. The number of amides is 4. The van der Waals surface area contributed by atoms with Crippen molar-refractivity contribution in [2.45, 2.75) is 147 Å². The van der Waals surface area contributed by atoms with Crippen LogP contribution >= 0.6 is 0 Å². The number of carbonyl (C=O) groups excluding carboxylic acids is 5. The molecule has 2 unspecified atom stereocenters. The number of carbonyl (C=O) groups is 5. The summed E-state index contributed by atoms with van der Waals surface area (Å²) in [5.74, 6) is -2.23. The van der Waals surface area contributed by atoms with Crippen LogP contribution in [0.25, 0.3) is 0 Å². The van der Waals surface area contributed by atoms with Crippen LogP contribution in [-0.2, 0) is 23.9 Å². The first-order chi connectivity index (χ1) is 22.0. The number of esters is 1. The van der Waals surface area contributed by atoms with Crippen molar-refractivity contribution < 1.29 is 33.8 Å². The predicted octanol–water partition coefficient (Wildman–Crippen LogP) is 2.89. The Bertz CT molecular complexity index is 1080. The van der Waals surface area contributed by atoms with Crippen LogP contribution in [0.1, 0.15) is 117 Å². The number of likely N-dealkylation sites (tertiary alicyclic amines) is 1. The molecule has 4 aliphatic rings. The van der Waals surface area contributed by atoms with Crippen LogP contribution in [0, 0.1) is 23.7 Å². The van der Waals surface area contributed by atoms with Crippen molar-refractivity contribution in [2.24, 2.45) is 29.4 Å². The van der Waals surface area contributed by atoms with Crippen LogP contribution in [0.3, 0.4) is 0 Å². The summed E-state index contributed by atoms with van der Waals surface area (Å²) < 4.78 is 5.67. The van der Waals surface area contributed by atoms with Gasteiger partial charge in [-0.05, 0) is 75.0 Å². The molecule has 6 N–H and O–H groups in total. The Labute approximate surface area is 273 Å². The molecule has 4 fully saturated rings. The highest BCUT2D eigenvalue weighted by Crippen LogP contribution is 2.35. The lowest BCUT2D eigenvalue weighted by atomic mass is 9.81. The lowest BCUT2D eigenvalue weighted by molar-refractivity contribution is -0.153. The number of Topliss-reactive ketones (excluding diaryl/α,β-unsaturated/α-hetero) is 1. The number of ether oxygens (including phenoxy) is 1. The number of nitrogens with one attached hydrogen (secondary N) is 3. The Hall–Kier alpha value is -2.73. The SMILES string of the molecule is CC[C@H]1CCN(C(=O)[C@@H](NC(=O)NC2(C(=O)OCC3CC3)CCCCC2)C2CCCCC2)[C@@H]1C(O)NC(CC(C)C)C(=O)C(N)=O. The highest BCUT2D eigenvalue weighted by Gasteiger charge is 2.47. The Kier molecular flexibility index (Phi) is 12.9. The van der Waals surface area contributed by atoms with Gasteiger partial charge in [0.15, 0.2) is 0 Å². The van der Waals surface area contributed by atoms with E-state index in [0.717, 1.165) is 64.2 Å². The Morgan fingerprint density at radius 2 is 1.61 bits per heavy atom. The van der Waals surface area contributed by atoms with E-state index in [2.05, 4.69) is 16.0 Å². The summed E-state index contributed by atoms with van der Waals surface area (Å²) in [5.41, 5.74) is 4.21. The molecule has 0 aromatic carbocycles. The first-order valence-corrected chi connectivity index (χ1v) is 17.8. The first kappa shape index (κ1) is 36.1. The maximum atomic E-state index is 14.5. The van der Waals surface area contributed by atoms with E-state index in [4.69, 9.17) is 10.5 Å². The summed E-state index contributed by atoms with van der Waals surface area (Å²) in [5, 5.41) is 20.4. The molecule has 3 saturated carbocycles. The van der Waals surface area contributed by atoms with Gasteiger partial charge in [-0.2, -0.15) is 0 Å². The van der Waals surface area contributed by atoms with Crippen molar-refractivity contribution in [2.75, 3.05) is 13.2 Å². The van der Waals surface area contributed by atoms with Crippen LogP contribution < -0.4 is 21.7 Å². The molecule has 3 aliphatic carbocycles. The molecule has 1 saturated heterocycles. The van der Waals surface area contributed by atoms with Crippen LogP contribution in [0.2, 0.25) is 0 Å². The monoisotopic (exact) mass is 647 g/mol. The van der Waals surface area contributed by atoms with E-state index in [1.54, 1.807) is 4.90 Å². The lowest BCUT2D eigenvalue weighted by Gasteiger charge is -2.39. The minimum atomic E-state index is -1.28. The summed E-state index contributed by atoms with van der Waals surface area (Å²) in [6, 6.07) is -3.04. The van der Waals surface area contributed by atoms with Crippen LogP contribution in [0.4, 0.5) is 4.79 Å². The second kappa shape index (κ2) is 16.4. The molecule has 0 radical (unpaired) electrons. The van der Waals surface area contributed by atoms with Gasteiger partial charge in [-0.15, -0.1) is 0 Å². The third kappa shape index (κ3) is 9.20. The van der Waals surface area contributed by atoms with Crippen molar-refractivity contribution in [1.29, 1.82) is 0 Å². The summed E-state index contributed by atoms with van der Waals surface area (Å²) in [6.07, 6.45) is 10.6. The average Bonchev–Trinajstić information content (AvgIpc) is 3.77. The zero-order valence-corrected chi connectivity index (χ0v) is 28.1. The molecule has 1 heterocycles. The Morgan fingerprint density at radius 3 is 2.20 bits per heavy atom. The fourth-order valence-corrected chi connectivity index (χ4v) is 7.78. The van der Waals surface area contributed by atoms with Crippen molar-refractivity contribution in [1.82, 2.24) is 20.9 Å². The van der Waals surface area contributed by atoms with Gasteiger partial charge in [0.25, 0.3) is 5.91 Å². The second-order valence-corrected chi connectivity index (χ2v) is 14.7. The number of aliphatic hydroxyl groups is 1. The number of hydrogen-bond acceptors (Lipinski definition) is 8. The van der Waals surface area contributed by atoms with E-state index >= 15 is 0 Å². The largest absolute Gasteiger partial charge is 0.464 e. The van der Waals surface area contributed by atoms with Gasteiger partial charge in [0, 0.05) is 6.54 Å². The summed E-state index contributed by atoms with van der Waals surface area (Å²) in [6.45, 7) is 6.58. The number of aliphatic hydroxyl groups excluding tert-OH is 1. The molecule has 0 spiro atoms. The fraction of sp³-hybridized carbons (Fsp3) is 0.853. The maximum absolute atomic E-state index is 14.5. The van der Waals surface area contributed by atoms with Gasteiger partial charge in [0.05, 0.1) is 18.7 Å². The normalized spacial score (nSPS) is 25.4. The zero-order chi connectivity index (χ0) is 33.4. The summed E-state index contributed by atoms with van der Waals surface area (Å²) in [4.78, 5) is 67.6. The molecule has 12 nitrogen and oxygen atoms in total. The van der Waals surface area contributed by atoms with E-state index in [1.165, 1.54) is 0 Å². The van der Waals surface area contributed by atoms with Crippen molar-refractivity contribution in [3.05, 3.63) is 0 Å². The number of nitrogens with two attached hydrogens (primary N) is 1. The molecule has 260 valence electrons. The molecular weight excluding hydrogens is 590 g/mol. The third-order valence-electron chi connectivity index (χ3n) is 10.6. The van der Waals surface area contributed by atoms with Crippen molar-refractivity contribution in [3.8, 4) is 0 Å². The smallest absolute Gasteiger partial charge is 0.331 e. The molecular formula is C34H57N5O7. The van der Waals surface area contributed by atoms with E-state index in [-0.39, 0.29) is 23.7 Å². The Morgan fingerprint density at radius 1 is 0.957 bits per heavy atom. The summed E-state index contributed by atoms with van der Waals surface area (Å²) in [7, 11) is 0. The molecule has 46 heavy (non-hydrogen) atoms. The van der Waals surface area contributed by atoms with E-state index in [1.807, 2.05) is 20.8 Å². The molecule has 0 bridgehead atoms. The van der Waals surface area contributed by atoms with Crippen LogP contribution in [0.15, 0.2) is 0 Å². The second-order valence-electron chi connectivity index (χ2n) is 14.7. The minimum absolute atomic E-state index is 0.0492. The standard InChI is InChI=1S/C34H57N5O7/c1-4-23-15-18-39(27(23)30(42)36-25(19-21(2)3)28(40)29(35)41)31(43)26(24-11-7-5-8-12-24)37-33(45)38-34(16-9-6-10-17-34)32(44)46-20-22-13-14-22/h21-27,30,36,42H,4-20H2,1-3H3,(H2,35,41)(H2,37,38,45)/t23-,25?,26-,27-,30?/m0/s1. The molecule has 4 rings (SSSR count). The predicted molar refractivity (Wildman–Crippen MR) is 172 cm³/mol. The van der Waals surface area contributed by atoms with Crippen LogP contribution in [0.5, 0.6) is 0 Å². The number of primary amides is 1. The molecule has 5 atom stereocenters. The molecule has 0 aromatic rings. The number of rotatable bonds is 15. The fourth-order valence-electron chi connectivity index (χ4n) is 7.78. The highest BCUT2D eigenvalue weighted by molar-refractivity contribution is 6.37. The van der Waals surface area contributed by atoms with Gasteiger partial charge in [0.1, 0.15) is 17.8 Å². The van der Waals surface area contributed by atoms with E-state index in [0.29, 0.717) is 51.2 Å². The van der Waals surface area contributed by atoms with Gasteiger partial charge < -0.3 is 31.1 Å². The Balaban J connectivity index is 1.53. The van der Waals surface area contributed by atoms with Crippen molar-refractivity contribution >= 4 is 29.6 Å². The number of nitrogens with zero attached hydrogens (tertiary/aromatic N) is 1. The third-order valence-corrected chi connectivity index (χ3v) is 10.6. The molecule has 4 amide bonds. The van der Waals surface area contributed by atoms with Gasteiger partial charge in [0.2, 0.25) is 11.7 Å². The highest BCUT2D eigenvalue weighted by atomic mass is 16.5. The minimum Gasteiger partial charge on any atom is -0.464 e. The number of urea groups is 1. The quantitative estimate of drug-likeness (QED) is 0.102. The van der Waals surface area contributed by atoms with Crippen LogP contribution in [-0.4, -0.2) is 82.6 Å². The maximum Gasteiger partial charge on any atom is 0.331 e. The molecule has 1 aliphatic heterocycles. The van der Waals surface area contributed by atoms with E-state index < -0.39 is 53.6 Å². The zero-order valence-electron chi connectivity index (χ0n) is 28.1. The molecule has 0 aromatic heterocycles. The number of ketones is 1. The average molecular weight is 648 g/mol. The first-order valence-electron chi connectivity index (χ1n) is 17.8. The van der Waals surface area contributed by atoms with Gasteiger partial charge in [-0.1, -0.05) is 65.7 Å². The van der Waals surface area contributed by atoms with Gasteiger partial charge in [-0.3, -0.25) is 19.7 Å². The van der Waals surface area contributed by atoms with E-state index in [9.17, 15) is 29.1 Å². The van der Waals surface area contributed by atoms with Gasteiger partial charge in [-0.25, -0.2) is 9.59 Å².